The zero-order chi connectivity index (χ0) is 11.0. The van der Waals surface area contributed by atoms with Crippen LogP contribution in [0.15, 0.2) is 12.6 Å². The van der Waals surface area contributed by atoms with Crippen LogP contribution in [-0.4, -0.2) is 6.54 Å². The molecule has 1 aromatic rings. The molecule has 1 nitrogen and oxygen atoms in total. The first-order chi connectivity index (χ1) is 7.11. The minimum atomic E-state index is 0.836. The maximum absolute atomic E-state index is 6.27. The lowest BCUT2D eigenvalue weighted by Gasteiger charge is -2.22. The van der Waals surface area contributed by atoms with E-state index in [1.165, 1.54) is 16.7 Å². The summed E-state index contributed by atoms with van der Waals surface area (Å²) < 4.78 is 0. The molecule has 0 radical (unpaired) electrons. The second-order valence-corrected chi connectivity index (χ2v) is 4.61. The Hall–Kier alpha value is -0.790. The zero-order valence-electron chi connectivity index (χ0n) is 9.28. The smallest absolute Gasteiger partial charge is 0.0486 e. The van der Waals surface area contributed by atoms with Gasteiger partial charge < -0.3 is 5.32 Å². The Kier molecular flexibility index (Phi) is 2.85. The normalized spacial score (nSPS) is 14.9. The lowest BCUT2D eigenvalue weighted by atomic mass is 9.90. The summed E-state index contributed by atoms with van der Waals surface area (Å²) in [7, 11) is 0. The van der Waals surface area contributed by atoms with Crippen LogP contribution in [0.5, 0.6) is 0 Å². The van der Waals surface area contributed by atoms with E-state index in [4.69, 9.17) is 11.6 Å². The predicted octanol–water partition coefficient (Wildman–Crippen LogP) is 3.33. The van der Waals surface area contributed by atoms with Crippen molar-refractivity contribution in [2.75, 3.05) is 6.54 Å². The maximum Gasteiger partial charge on any atom is 0.0486 e. The molecule has 1 aliphatic heterocycles. The lowest BCUT2D eigenvalue weighted by Crippen LogP contribution is -2.24. The van der Waals surface area contributed by atoms with Crippen molar-refractivity contribution in [2.24, 2.45) is 0 Å². The minimum Gasteiger partial charge on any atom is -0.312 e. The first kappa shape index (κ1) is 10.7. The molecule has 1 heterocycles. The van der Waals surface area contributed by atoms with Crippen molar-refractivity contribution in [2.45, 2.75) is 26.8 Å². The van der Waals surface area contributed by atoms with Gasteiger partial charge in [-0.05, 0) is 60.7 Å². The van der Waals surface area contributed by atoms with Crippen LogP contribution in [0.1, 0.15) is 29.2 Å². The van der Waals surface area contributed by atoms with Gasteiger partial charge in [-0.25, -0.2) is 0 Å². The Morgan fingerprint density at radius 3 is 2.93 bits per heavy atom. The van der Waals surface area contributed by atoms with Crippen molar-refractivity contribution in [3.63, 3.8) is 0 Å². The van der Waals surface area contributed by atoms with Gasteiger partial charge >= 0.3 is 0 Å². The van der Waals surface area contributed by atoms with Crippen LogP contribution in [0.3, 0.4) is 0 Å². The monoisotopic (exact) mass is 221 g/mol. The molecule has 0 amide bonds. The van der Waals surface area contributed by atoms with Crippen molar-refractivity contribution >= 4 is 17.2 Å². The summed E-state index contributed by atoms with van der Waals surface area (Å²) in [6.07, 6.45) is 1.10. The van der Waals surface area contributed by atoms with Crippen LogP contribution in [0.25, 0.3) is 5.57 Å². The van der Waals surface area contributed by atoms with Gasteiger partial charge in [0.1, 0.15) is 0 Å². The molecule has 0 saturated heterocycles. The fraction of sp³-hybridized carbons (Fsp3) is 0.385. The number of hydrogen-bond acceptors (Lipinski definition) is 1. The number of benzene rings is 1. The molecule has 2 heteroatoms. The minimum absolute atomic E-state index is 0.836. The summed E-state index contributed by atoms with van der Waals surface area (Å²) in [5.41, 5.74) is 6.30. The van der Waals surface area contributed by atoms with Crippen LogP contribution in [0, 0.1) is 6.92 Å². The molecule has 1 aromatic carbocycles. The molecule has 0 aromatic heterocycles. The molecule has 0 bridgehead atoms. The Morgan fingerprint density at radius 1 is 1.53 bits per heavy atom. The van der Waals surface area contributed by atoms with E-state index in [0.717, 1.165) is 35.7 Å². The summed E-state index contributed by atoms with van der Waals surface area (Å²) in [6, 6.07) is 2.08. The Bertz CT molecular complexity index is 421. The summed E-state index contributed by atoms with van der Waals surface area (Å²) >= 11 is 6.27. The molecule has 1 N–H and O–H groups in total. The topological polar surface area (TPSA) is 12.0 Å². The predicted molar refractivity (Wildman–Crippen MR) is 66.3 cm³/mol. The Labute approximate surface area is 96.1 Å². The zero-order valence-corrected chi connectivity index (χ0v) is 10.0. The van der Waals surface area contributed by atoms with E-state index in [2.05, 4.69) is 24.9 Å². The third-order valence-corrected chi connectivity index (χ3v) is 3.35. The van der Waals surface area contributed by atoms with Crippen molar-refractivity contribution in [3.05, 3.63) is 39.9 Å². The molecule has 0 atom stereocenters. The van der Waals surface area contributed by atoms with E-state index >= 15 is 0 Å². The molecular formula is C13H16ClN. The quantitative estimate of drug-likeness (QED) is 0.767. The number of fused-ring (bicyclic) bond motifs is 1. The highest BCUT2D eigenvalue weighted by Crippen LogP contribution is 2.32. The van der Waals surface area contributed by atoms with Gasteiger partial charge in [0.25, 0.3) is 0 Å². The summed E-state index contributed by atoms with van der Waals surface area (Å²) in [5.74, 6) is 0. The van der Waals surface area contributed by atoms with Gasteiger partial charge in [0.05, 0.1) is 0 Å². The molecule has 2 rings (SSSR count). The van der Waals surface area contributed by atoms with E-state index in [-0.39, 0.29) is 0 Å². The van der Waals surface area contributed by atoms with E-state index in [0.29, 0.717) is 0 Å². The van der Waals surface area contributed by atoms with E-state index in [1.807, 2.05) is 6.92 Å². The van der Waals surface area contributed by atoms with Gasteiger partial charge in [-0.2, -0.15) is 0 Å². The van der Waals surface area contributed by atoms with Crippen molar-refractivity contribution in [1.82, 2.24) is 5.32 Å². The molecule has 0 aliphatic carbocycles. The third-order valence-electron chi connectivity index (χ3n) is 3.05. The average molecular weight is 222 g/mol. The highest BCUT2D eigenvalue weighted by Gasteiger charge is 2.16. The average Bonchev–Trinajstić information content (AvgIpc) is 2.17. The number of rotatable bonds is 1. The van der Waals surface area contributed by atoms with Crippen molar-refractivity contribution in [1.29, 1.82) is 0 Å². The van der Waals surface area contributed by atoms with Gasteiger partial charge in [-0.1, -0.05) is 18.2 Å². The lowest BCUT2D eigenvalue weighted by molar-refractivity contribution is 0.641. The third kappa shape index (κ3) is 1.82. The van der Waals surface area contributed by atoms with E-state index in [9.17, 15) is 0 Å². The Morgan fingerprint density at radius 2 is 2.27 bits per heavy atom. The molecule has 0 fully saturated rings. The molecule has 0 unspecified atom stereocenters. The van der Waals surface area contributed by atoms with Gasteiger partial charge in [-0.3, -0.25) is 0 Å². The SMILES string of the molecule is C=C(C)c1c(Cl)cc2c(c1C)CCNC2. The van der Waals surface area contributed by atoms with Crippen LogP contribution in [0.4, 0.5) is 0 Å². The van der Waals surface area contributed by atoms with E-state index in [1.54, 1.807) is 0 Å². The molecule has 0 spiro atoms. The summed E-state index contributed by atoms with van der Waals surface area (Å²) in [5, 5.41) is 4.20. The first-order valence-corrected chi connectivity index (χ1v) is 5.66. The molecule has 80 valence electrons. The van der Waals surface area contributed by atoms with Crippen molar-refractivity contribution in [3.8, 4) is 0 Å². The number of nitrogens with one attached hydrogen (secondary N) is 1. The van der Waals surface area contributed by atoms with Gasteiger partial charge in [0.2, 0.25) is 0 Å². The Balaban J connectivity index is 2.64. The number of allylic oxidation sites excluding steroid dienone is 1. The largest absolute Gasteiger partial charge is 0.312 e. The first-order valence-electron chi connectivity index (χ1n) is 5.28. The molecule has 1 aliphatic rings. The standard InChI is InChI=1S/C13H16ClN/c1-8(2)13-9(3)11-4-5-15-7-10(11)6-12(13)14/h6,15H,1,4-5,7H2,2-3H3. The van der Waals surface area contributed by atoms with Gasteiger partial charge in [0.15, 0.2) is 0 Å². The second kappa shape index (κ2) is 3.99. The number of hydrogen-bond donors (Lipinski definition) is 1. The van der Waals surface area contributed by atoms with Crippen LogP contribution in [-0.2, 0) is 13.0 Å². The van der Waals surface area contributed by atoms with Crippen molar-refractivity contribution < 1.29 is 0 Å². The highest BCUT2D eigenvalue weighted by molar-refractivity contribution is 6.32. The number of halogens is 1. The van der Waals surface area contributed by atoms with Crippen LogP contribution < -0.4 is 5.32 Å². The molecular weight excluding hydrogens is 206 g/mol. The molecule has 15 heavy (non-hydrogen) atoms. The van der Waals surface area contributed by atoms with Crippen LogP contribution in [0.2, 0.25) is 5.02 Å². The van der Waals surface area contributed by atoms with Gasteiger partial charge in [-0.15, -0.1) is 0 Å². The highest BCUT2D eigenvalue weighted by atomic mass is 35.5. The maximum atomic E-state index is 6.27. The van der Waals surface area contributed by atoms with Gasteiger partial charge in [0, 0.05) is 11.6 Å². The van der Waals surface area contributed by atoms with E-state index < -0.39 is 0 Å². The molecule has 0 saturated carbocycles. The fourth-order valence-electron chi connectivity index (χ4n) is 2.35. The second-order valence-electron chi connectivity index (χ2n) is 4.20. The summed E-state index contributed by atoms with van der Waals surface area (Å²) in [6.45, 7) is 10.2. The summed E-state index contributed by atoms with van der Waals surface area (Å²) in [4.78, 5) is 0. The fourth-order valence-corrected chi connectivity index (χ4v) is 2.78. The van der Waals surface area contributed by atoms with Crippen LogP contribution >= 0.6 is 11.6 Å².